The van der Waals surface area contributed by atoms with Gasteiger partial charge in [0.15, 0.2) is 0 Å². The van der Waals surface area contributed by atoms with Gasteiger partial charge in [0.2, 0.25) is 23.6 Å². The van der Waals surface area contributed by atoms with Crippen LogP contribution in [-0.2, 0) is 36.8 Å². The molecule has 0 aliphatic carbocycles. The third-order valence-corrected chi connectivity index (χ3v) is 11.5. The second-order valence-corrected chi connectivity index (χ2v) is 17.1. The van der Waals surface area contributed by atoms with E-state index < -0.39 is 53.9 Å². The quantitative estimate of drug-likeness (QED) is 0.0425. The van der Waals surface area contributed by atoms with Crippen LogP contribution in [0.3, 0.4) is 0 Å². The highest BCUT2D eigenvalue weighted by Gasteiger charge is 2.32. The zero-order valence-corrected chi connectivity index (χ0v) is 38.8. The monoisotopic (exact) mass is 901 g/mol. The number of aromatic amines is 2. The Balaban J connectivity index is 2.11. The lowest BCUT2D eigenvalue weighted by Gasteiger charge is -2.27. The van der Waals surface area contributed by atoms with Crippen LogP contribution in [0.25, 0.3) is 0 Å². The number of hydrogen-bond donors (Lipinski definition) is 11. The standard InChI is InChI=1S/C46H84N12O6/c1-2-3-4-5-6-7-8-9-10-11-12-13-14-21-28-52-37(22-15-18-25-47)42(59)57-40(29-35-31-50-33-53-35)44(61)55-38(23-16-19-26-48)43(60)58-41(30-36-32-51-34-54-36)45(62)56-39(46(63)64)24-17-20-27-49/h31-34,37-41,52H,2-30,47-49H2,1H3,(H,50,53)(H,51,54)(H,55,61)(H,56,62)(H,57,59)(H,58,60)(H,63,64)/t37-,38-,39-,40-,41-/m0/s1. The fraction of sp³-hybridized carbons (Fsp3) is 0.761. The van der Waals surface area contributed by atoms with E-state index in [1.807, 2.05) is 0 Å². The van der Waals surface area contributed by atoms with Crippen LogP contribution < -0.4 is 43.8 Å². The molecule has 0 unspecified atom stereocenters. The number of carbonyl (C=O) groups is 5. The van der Waals surface area contributed by atoms with Gasteiger partial charge in [-0.3, -0.25) is 19.2 Å². The van der Waals surface area contributed by atoms with E-state index in [-0.39, 0.29) is 31.6 Å². The van der Waals surface area contributed by atoms with Gasteiger partial charge in [-0.25, -0.2) is 14.8 Å². The van der Waals surface area contributed by atoms with Crippen LogP contribution in [0.5, 0.6) is 0 Å². The zero-order valence-electron chi connectivity index (χ0n) is 38.8. The van der Waals surface area contributed by atoms with Crippen molar-refractivity contribution in [3.8, 4) is 0 Å². The maximum absolute atomic E-state index is 14.2. The van der Waals surface area contributed by atoms with E-state index in [0.717, 1.165) is 32.1 Å². The molecule has 0 aromatic carbocycles. The first kappa shape index (κ1) is 55.7. The largest absolute Gasteiger partial charge is 0.480 e. The SMILES string of the molecule is CCCCCCCCCCCCCCCCN[C@@H](CCCCN)C(=O)N[C@@H](Cc1cnc[nH]1)C(=O)N[C@@H](CCCCN)C(=O)N[C@@H](Cc1cnc[nH]1)C(=O)N[C@@H](CCCCN)C(=O)O. The number of amides is 4. The number of carbonyl (C=O) groups excluding carboxylic acids is 4. The summed E-state index contributed by atoms with van der Waals surface area (Å²) in [6, 6.07) is -5.15. The summed E-state index contributed by atoms with van der Waals surface area (Å²) in [5.74, 6) is -3.49. The van der Waals surface area contributed by atoms with Gasteiger partial charge >= 0.3 is 5.97 Å². The van der Waals surface area contributed by atoms with Gasteiger partial charge in [0.25, 0.3) is 0 Å². The lowest BCUT2D eigenvalue weighted by atomic mass is 10.0. The summed E-state index contributed by atoms with van der Waals surface area (Å²) < 4.78 is 0. The molecule has 0 bridgehead atoms. The number of aliphatic carboxylic acids is 1. The van der Waals surface area contributed by atoms with Crippen LogP contribution in [0.1, 0.15) is 166 Å². The van der Waals surface area contributed by atoms with Crippen molar-refractivity contribution >= 4 is 29.6 Å². The first-order valence-corrected chi connectivity index (χ1v) is 24.4. The van der Waals surface area contributed by atoms with Gasteiger partial charge in [-0.1, -0.05) is 96.8 Å². The Hall–Kier alpha value is -4.39. The van der Waals surface area contributed by atoms with E-state index in [1.165, 1.54) is 89.5 Å². The second-order valence-electron chi connectivity index (χ2n) is 17.1. The highest BCUT2D eigenvalue weighted by Crippen LogP contribution is 2.14. The lowest BCUT2D eigenvalue weighted by Crippen LogP contribution is -2.59. The Labute approximate surface area is 381 Å². The first-order valence-electron chi connectivity index (χ1n) is 24.4. The van der Waals surface area contributed by atoms with Gasteiger partial charge in [-0.05, 0) is 84.0 Å². The predicted octanol–water partition coefficient (Wildman–Crippen LogP) is 3.77. The molecule has 0 saturated carbocycles. The average Bonchev–Trinajstić information content (AvgIpc) is 4.01. The highest BCUT2D eigenvalue weighted by atomic mass is 16.4. The molecule has 364 valence electrons. The molecule has 0 fully saturated rings. The minimum atomic E-state index is -1.21. The van der Waals surface area contributed by atoms with E-state index >= 15 is 0 Å². The van der Waals surface area contributed by atoms with Crippen molar-refractivity contribution < 1.29 is 29.1 Å². The number of nitrogens with one attached hydrogen (secondary N) is 7. The van der Waals surface area contributed by atoms with Crippen LogP contribution in [0.15, 0.2) is 25.0 Å². The summed E-state index contributed by atoms with van der Waals surface area (Å²) in [5.41, 5.74) is 18.3. The third kappa shape index (κ3) is 25.2. The number of nitrogens with two attached hydrogens (primary N) is 3. The van der Waals surface area contributed by atoms with Crippen LogP contribution in [0.2, 0.25) is 0 Å². The average molecular weight is 901 g/mol. The third-order valence-electron chi connectivity index (χ3n) is 11.5. The molecule has 2 aromatic rings. The molecule has 18 heteroatoms. The van der Waals surface area contributed by atoms with Crippen molar-refractivity contribution in [2.45, 2.75) is 198 Å². The maximum atomic E-state index is 14.2. The molecule has 2 rings (SSSR count). The Bertz CT molecular complexity index is 1510. The molecule has 18 nitrogen and oxygen atoms in total. The summed E-state index contributed by atoms with van der Waals surface area (Å²) in [6.45, 7) is 4.17. The normalized spacial score (nSPS) is 13.7. The molecule has 0 aliphatic rings. The van der Waals surface area contributed by atoms with E-state index in [1.54, 1.807) is 6.20 Å². The molecule has 2 aromatic heterocycles. The van der Waals surface area contributed by atoms with E-state index in [0.29, 0.717) is 69.7 Å². The van der Waals surface area contributed by atoms with Crippen molar-refractivity contribution in [2.24, 2.45) is 17.2 Å². The molecule has 64 heavy (non-hydrogen) atoms. The number of carboxylic acid groups (broad SMARTS) is 1. The number of aromatic nitrogens is 4. The van der Waals surface area contributed by atoms with Crippen molar-refractivity contribution in [3.63, 3.8) is 0 Å². The van der Waals surface area contributed by atoms with Crippen molar-refractivity contribution in [2.75, 3.05) is 26.2 Å². The van der Waals surface area contributed by atoms with Gasteiger partial charge in [0, 0.05) is 36.6 Å². The van der Waals surface area contributed by atoms with Crippen molar-refractivity contribution in [3.05, 3.63) is 36.4 Å². The van der Waals surface area contributed by atoms with E-state index in [2.05, 4.69) is 53.4 Å². The fourth-order valence-corrected chi connectivity index (χ4v) is 7.67. The predicted molar refractivity (Wildman–Crippen MR) is 251 cm³/mol. The molecule has 5 atom stereocenters. The number of hydrogen-bond acceptors (Lipinski definition) is 11. The minimum Gasteiger partial charge on any atom is -0.480 e. The Morgan fingerprint density at radius 1 is 0.500 bits per heavy atom. The molecular formula is C46H84N12O6. The zero-order chi connectivity index (χ0) is 46.6. The van der Waals surface area contributed by atoms with Gasteiger partial charge in [0.05, 0.1) is 18.7 Å². The van der Waals surface area contributed by atoms with E-state index in [9.17, 15) is 29.1 Å². The molecule has 4 amide bonds. The Morgan fingerprint density at radius 3 is 1.27 bits per heavy atom. The number of carboxylic acids is 1. The molecular weight excluding hydrogens is 817 g/mol. The number of nitrogens with zero attached hydrogens (tertiary/aromatic N) is 2. The molecule has 0 saturated heterocycles. The van der Waals surface area contributed by atoms with Crippen LogP contribution in [0, 0.1) is 0 Å². The van der Waals surface area contributed by atoms with Gasteiger partial charge < -0.3 is 58.9 Å². The first-order chi connectivity index (χ1) is 31.1. The van der Waals surface area contributed by atoms with Gasteiger partial charge in [0.1, 0.15) is 24.2 Å². The van der Waals surface area contributed by atoms with Crippen LogP contribution >= 0.6 is 0 Å². The van der Waals surface area contributed by atoms with Crippen molar-refractivity contribution in [1.82, 2.24) is 46.5 Å². The van der Waals surface area contributed by atoms with E-state index in [4.69, 9.17) is 17.2 Å². The van der Waals surface area contributed by atoms with Crippen LogP contribution in [0.4, 0.5) is 0 Å². The summed E-state index contributed by atoms with van der Waals surface area (Å²) in [4.78, 5) is 81.9. The van der Waals surface area contributed by atoms with Gasteiger partial charge in [-0.2, -0.15) is 0 Å². The molecule has 0 aliphatic heterocycles. The number of unbranched alkanes of at least 4 members (excludes halogenated alkanes) is 16. The Kier molecular flexibility index (Phi) is 31.3. The van der Waals surface area contributed by atoms with Gasteiger partial charge in [-0.15, -0.1) is 0 Å². The summed E-state index contributed by atoms with van der Waals surface area (Å²) in [6.07, 6.45) is 28.2. The minimum absolute atomic E-state index is 0.0212. The van der Waals surface area contributed by atoms with Crippen LogP contribution in [-0.4, -0.2) is 111 Å². The number of rotatable bonds is 41. The fourth-order valence-electron chi connectivity index (χ4n) is 7.67. The topological polar surface area (TPSA) is 301 Å². The molecule has 0 spiro atoms. The summed E-state index contributed by atoms with van der Waals surface area (Å²) in [5, 5.41) is 24.4. The smallest absolute Gasteiger partial charge is 0.326 e. The summed E-state index contributed by atoms with van der Waals surface area (Å²) in [7, 11) is 0. The number of imidazole rings is 2. The maximum Gasteiger partial charge on any atom is 0.326 e. The molecule has 0 radical (unpaired) electrons. The Morgan fingerprint density at radius 2 is 0.859 bits per heavy atom. The summed E-state index contributed by atoms with van der Waals surface area (Å²) >= 11 is 0. The lowest BCUT2D eigenvalue weighted by molar-refractivity contribution is -0.142. The number of H-pyrrole nitrogens is 2. The second kappa shape index (κ2) is 35.9. The van der Waals surface area contributed by atoms with Crippen molar-refractivity contribution in [1.29, 1.82) is 0 Å². The molecule has 2 heterocycles. The molecule has 14 N–H and O–H groups in total. The highest BCUT2D eigenvalue weighted by molar-refractivity contribution is 5.95.